The minimum atomic E-state index is 0.0901. The van der Waals surface area contributed by atoms with Crippen LogP contribution >= 0.6 is 11.3 Å². The van der Waals surface area contributed by atoms with E-state index in [0.29, 0.717) is 32.7 Å². The first-order valence-electron chi connectivity index (χ1n) is 9.52. The molecule has 1 atom stereocenters. The number of carbonyl (C=O) groups is 2. The summed E-state index contributed by atoms with van der Waals surface area (Å²) in [5.41, 5.74) is 2.58. The summed E-state index contributed by atoms with van der Waals surface area (Å²) >= 11 is 1.82. The number of nitrogens with zero attached hydrogens (tertiary/aromatic N) is 3. The molecule has 3 heterocycles. The average Bonchev–Trinajstić information content (AvgIpc) is 3.17. The largest absolute Gasteiger partial charge is 0.339 e. The summed E-state index contributed by atoms with van der Waals surface area (Å²) in [5, 5.41) is 2.16. The summed E-state index contributed by atoms with van der Waals surface area (Å²) in [7, 11) is 0. The first kappa shape index (κ1) is 18.2. The molecule has 27 heavy (non-hydrogen) atoms. The third-order valence-electron chi connectivity index (χ3n) is 5.60. The molecule has 4 rings (SSSR count). The van der Waals surface area contributed by atoms with E-state index in [2.05, 4.69) is 40.6 Å². The number of piperazine rings is 1. The Bertz CT molecular complexity index is 812. The van der Waals surface area contributed by atoms with E-state index in [1.165, 1.54) is 16.0 Å². The van der Waals surface area contributed by atoms with Gasteiger partial charge in [-0.1, -0.05) is 30.3 Å². The Morgan fingerprint density at radius 1 is 1.00 bits per heavy atom. The van der Waals surface area contributed by atoms with Crippen LogP contribution in [0.2, 0.25) is 0 Å². The predicted octanol–water partition coefficient (Wildman–Crippen LogP) is 2.39. The second-order valence-corrected chi connectivity index (χ2v) is 8.22. The van der Waals surface area contributed by atoms with E-state index >= 15 is 0 Å². The molecule has 1 aromatic carbocycles. The number of amides is 2. The Kier molecular flexibility index (Phi) is 5.27. The molecule has 2 aliphatic rings. The van der Waals surface area contributed by atoms with E-state index in [9.17, 15) is 9.59 Å². The Morgan fingerprint density at radius 3 is 2.41 bits per heavy atom. The van der Waals surface area contributed by atoms with Gasteiger partial charge >= 0.3 is 0 Å². The molecule has 1 aromatic heterocycles. The normalized spacial score (nSPS) is 20.4. The van der Waals surface area contributed by atoms with Gasteiger partial charge < -0.3 is 9.80 Å². The highest BCUT2D eigenvalue weighted by Crippen LogP contribution is 2.37. The molecule has 1 saturated heterocycles. The molecule has 0 aliphatic carbocycles. The number of fused-ring (bicyclic) bond motifs is 1. The van der Waals surface area contributed by atoms with Gasteiger partial charge in [-0.05, 0) is 29.0 Å². The van der Waals surface area contributed by atoms with Crippen LogP contribution in [0, 0.1) is 0 Å². The number of rotatable bonds is 3. The van der Waals surface area contributed by atoms with Crippen LogP contribution in [0.3, 0.4) is 0 Å². The van der Waals surface area contributed by atoms with Crippen molar-refractivity contribution >= 4 is 23.2 Å². The van der Waals surface area contributed by atoms with Crippen LogP contribution in [-0.2, 0) is 16.0 Å². The number of carbonyl (C=O) groups excluding carboxylic acids is 2. The first-order chi connectivity index (χ1) is 13.1. The molecule has 0 spiro atoms. The quantitative estimate of drug-likeness (QED) is 0.817. The highest BCUT2D eigenvalue weighted by molar-refractivity contribution is 7.10. The number of hydrogen-bond acceptors (Lipinski definition) is 4. The van der Waals surface area contributed by atoms with E-state index in [1.807, 2.05) is 27.2 Å². The van der Waals surface area contributed by atoms with Gasteiger partial charge in [-0.15, -0.1) is 11.3 Å². The molecule has 0 unspecified atom stereocenters. The molecule has 0 saturated carbocycles. The standard InChI is InChI=1S/C21H25N3O2S/c1-16(25)22-10-12-23(13-11-22)20(26)15-24-9-7-19-18(8-14-27-19)21(24)17-5-3-2-4-6-17/h2-6,8,14,21H,7,9-13,15H2,1H3/t21-/m1/s1. The molecule has 0 N–H and O–H groups in total. The molecular weight excluding hydrogens is 358 g/mol. The molecule has 0 radical (unpaired) electrons. The van der Waals surface area contributed by atoms with E-state index in [4.69, 9.17) is 0 Å². The Balaban J connectivity index is 1.49. The van der Waals surface area contributed by atoms with Gasteiger partial charge in [0.1, 0.15) is 0 Å². The Labute approximate surface area is 164 Å². The molecule has 2 amide bonds. The smallest absolute Gasteiger partial charge is 0.236 e. The summed E-state index contributed by atoms with van der Waals surface area (Å²) in [6.07, 6.45) is 1.00. The van der Waals surface area contributed by atoms with Gasteiger partial charge in [0, 0.05) is 44.5 Å². The fourth-order valence-electron chi connectivity index (χ4n) is 4.11. The summed E-state index contributed by atoms with van der Waals surface area (Å²) in [6, 6.07) is 12.8. The zero-order valence-corrected chi connectivity index (χ0v) is 16.5. The zero-order chi connectivity index (χ0) is 18.8. The van der Waals surface area contributed by atoms with Crippen molar-refractivity contribution in [1.29, 1.82) is 0 Å². The van der Waals surface area contributed by atoms with Crippen molar-refractivity contribution < 1.29 is 9.59 Å². The molecule has 2 aromatic rings. The lowest BCUT2D eigenvalue weighted by Gasteiger charge is -2.39. The van der Waals surface area contributed by atoms with Crippen LogP contribution in [0.4, 0.5) is 0 Å². The topological polar surface area (TPSA) is 43.9 Å². The SMILES string of the molecule is CC(=O)N1CCN(C(=O)CN2CCc3sccc3[C@H]2c2ccccc2)CC1. The first-order valence-corrected chi connectivity index (χ1v) is 10.4. The van der Waals surface area contributed by atoms with E-state index < -0.39 is 0 Å². The van der Waals surface area contributed by atoms with Crippen molar-refractivity contribution in [2.45, 2.75) is 19.4 Å². The maximum absolute atomic E-state index is 13.0. The molecular formula is C21H25N3O2S. The second-order valence-electron chi connectivity index (χ2n) is 7.22. The summed E-state index contributed by atoms with van der Waals surface area (Å²) in [4.78, 5) is 31.9. The molecule has 1 fully saturated rings. The van der Waals surface area contributed by atoms with E-state index in [0.717, 1.165) is 13.0 Å². The van der Waals surface area contributed by atoms with Crippen LogP contribution in [0.25, 0.3) is 0 Å². The summed E-state index contributed by atoms with van der Waals surface area (Å²) in [6.45, 7) is 5.45. The van der Waals surface area contributed by atoms with Gasteiger partial charge in [0.15, 0.2) is 0 Å². The summed E-state index contributed by atoms with van der Waals surface area (Å²) in [5.74, 6) is 0.255. The van der Waals surface area contributed by atoms with Gasteiger partial charge in [0.05, 0.1) is 12.6 Å². The van der Waals surface area contributed by atoms with Crippen molar-refractivity contribution in [2.75, 3.05) is 39.3 Å². The van der Waals surface area contributed by atoms with Crippen molar-refractivity contribution in [1.82, 2.24) is 14.7 Å². The maximum Gasteiger partial charge on any atom is 0.236 e. The van der Waals surface area contributed by atoms with Gasteiger partial charge in [0.2, 0.25) is 11.8 Å². The number of hydrogen-bond donors (Lipinski definition) is 0. The van der Waals surface area contributed by atoms with Crippen molar-refractivity contribution in [2.24, 2.45) is 0 Å². The fraction of sp³-hybridized carbons (Fsp3) is 0.429. The molecule has 142 valence electrons. The minimum Gasteiger partial charge on any atom is -0.339 e. The number of thiophene rings is 1. The highest BCUT2D eigenvalue weighted by Gasteiger charge is 2.32. The van der Waals surface area contributed by atoms with Gasteiger partial charge in [-0.3, -0.25) is 14.5 Å². The van der Waals surface area contributed by atoms with Crippen molar-refractivity contribution in [3.8, 4) is 0 Å². The third kappa shape index (κ3) is 3.77. The highest BCUT2D eigenvalue weighted by atomic mass is 32.1. The minimum absolute atomic E-state index is 0.0901. The van der Waals surface area contributed by atoms with Crippen LogP contribution in [0.5, 0.6) is 0 Å². The lowest BCUT2D eigenvalue weighted by atomic mass is 9.93. The molecule has 5 nitrogen and oxygen atoms in total. The average molecular weight is 384 g/mol. The van der Waals surface area contributed by atoms with E-state index in [1.54, 1.807) is 6.92 Å². The third-order valence-corrected chi connectivity index (χ3v) is 6.59. The monoisotopic (exact) mass is 383 g/mol. The maximum atomic E-state index is 13.0. The molecule has 2 aliphatic heterocycles. The number of benzene rings is 1. The van der Waals surface area contributed by atoms with Crippen LogP contribution in [-0.4, -0.2) is 65.8 Å². The van der Waals surface area contributed by atoms with Crippen LogP contribution in [0.15, 0.2) is 41.8 Å². The van der Waals surface area contributed by atoms with Gasteiger partial charge in [-0.25, -0.2) is 0 Å². The molecule has 0 bridgehead atoms. The van der Waals surface area contributed by atoms with E-state index in [-0.39, 0.29) is 17.9 Å². The lowest BCUT2D eigenvalue weighted by Crippen LogP contribution is -2.53. The fourth-order valence-corrected chi connectivity index (χ4v) is 5.01. The molecule has 6 heteroatoms. The van der Waals surface area contributed by atoms with Crippen LogP contribution < -0.4 is 0 Å². The van der Waals surface area contributed by atoms with Gasteiger partial charge in [-0.2, -0.15) is 0 Å². The predicted molar refractivity (Wildman–Crippen MR) is 107 cm³/mol. The van der Waals surface area contributed by atoms with Crippen LogP contribution in [0.1, 0.15) is 29.0 Å². The Morgan fingerprint density at radius 2 is 1.70 bits per heavy atom. The van der Waals surface area contributed by atoms with Crippen molar-refractivity contribution in [3.63, 3.8) is 0 Å². The van der Waals surface area contributed by atoms with Crippen molar-refractivity contribution in [3.05, 3.63) is 57.8 Å². The summed E-state index contributed by atoms with van der Waals surface area (Å²) < 4.78 is 0. The Hall–Kier alpha value is -2.18. The van der Waals surface area contributed by atoms with Gasteiger partial charge in [0.25, 0.3) is 0 Å². The lowest BCUT2D eigenvalue weighted by molar-refractivity contribution is -0.139. The zero-order valence-electron chi connectivity index (χ0n) is 15.6. The second kappa shape index (κ2) is 7.82.